The van der Waals surface area contributed by atoms with Gasteiger partial charge in [-0.05, 0) is 43.3 Å². The molecule has 3 amide bonds. The minimum atomic E-state index is -0.468. The van der Waals surface area contributed by atoms with Crippen molar-refractivity contribution in [3.8, 4) is 5.75 Å². The lowest BCUT2D eigenvalue weighted by molar-refractivity contribution is -0.120. The minimum Gasteiger partial charge on any atom is -0.507 e. The molecule has 144 valence electrons. The van der Waals surface area contributed by atoms with Crippen LogP contribution < -0.4 is 10.2 Å². The van der Waals surface area contributed by atoms with E-state index in [0.717, 1.165) is 17.3 Å². The lowest BCUT2D eigenvalue weighted by Gasteiger charge is -2.34. The first-order chi connectivity index (χ1) is 13.4. The number of nitrogens with zero attached hydrogens (tertiary/aromatic N) is 2. The number of anilines is 2. The maximum Gasteiger partial charge on any atom is 0.258 e. The van der Waals surface area contributed by atoms with E-state index < -0.39 is 11.8 Å². The molecule has 0 unspecified atom stereocenters. The highest BCUT2D eigenvalue weighted by atomic mass is 16.3. The fourth-order valence-corrected chi connectivity index (χ4v) is 2.99. The molecule has 1 saturated heterocycles. The van der Waals surface area contributed by atoms with Crippen molar-refractivity contribution in [2.24, 2.45) is 0 Å². The Kier molecular flexibility index (Phi) is 5.44. The summed E-state index contributed by atoms with van der Waals surface area (Å²) in [6.45, 7) is 5.95. The Morgan fingerprint density at radius 2 is 1.86 bits per heavy atom. The van der Waals surface area contributed by atoms with E-state index in [1.807, 2.05) is 31.2 Å². The molecule has 0 saturated carbocycles. The molecule has 28 heavy (non-hydrogen) atoms. The summed E-state index contributed by atoms with van der Waals surface area (Å²) in [5.74, 6) is -1.30. The second kappa shape index (κ2) is 7.96. The van der Waals surface area contributed by atoms with Crippen LogP contribution in [0.2, 0.25) is 0 Å². The number of hydrogen-bond donors (Lipinski definition) is 2. The molecule has 2 N–H and O–H groups in total. The Hall–Kier alpha value is -3.61. The van der Waals surface area contributed by atoms with Crippen molar-refractivity contribution in [2.45, 2.75) is 6.92 Å². The summed E-state index contributed by atoms with van der Waals surface area (Å²) < 4.78 is 0. The lowest BCUT2D eigenvalue weighted by Crippen LogP contribution is -2.52. The molecule has 1 fully saturated rings. The van der Waals surface area contributed by atoms with Gasteiger partial charge in [0.1, 0.15) is 12.3 Å². The van der Waals surface area contributed by atoms with Crippen LogP contribution in [0.15, 0.2) is 55.1 Å². The van der Waals surface area contributed by atoms with E-state index in [9.17, 15) is 19.5 Å². The van der Waals surface area contributed by atoms with Crippen LogP contribution in [0.5, 0.6) is 5.75 Å². The van der Waals surface area contributed by atoms with Crippen LogP contribution in [0.4, 0.5) is 11.4 Å². The van der Waals surface area contributed by atoms with Crippen molar-refractivity contribution >= 4 is 29.1 Å². The predicted molar refractivity (Wildman–Crippen MR) is 106 cm³/mol. The monoisotopic (exact) mass is 379 g/mol. The Balaban J connectivity index is 1.75. The molecular weight excluding hydrogens is 358 g/mol. The van der Waals surface area contributed by atoms with Gasteiger partial charge in [-0.15, -0.1) is 0 Å². The second-order valence-electron chi connectivity index (χ2n) is 6.53. The van der Waals surface area contributed by atoms with Gasteiger partial charge >= 0.3 is 0 Å². The summed E-state index contributed by atoms with van der Waals surface area (Å²) >= 11 is 0. The molecule has 0 aliphatic carbocycles. The quantitative estimate of drug-likeness (QED) is 0.630. The van der Waals surface area contributed by atoms with E-state index in [1.165, 1.54) is 23.1 Å². The third-order valence-electron chi connectivity index (χ3n) is 4.53. The van der Waals surface area contributed by atoms with Crippen molar-refractivity contribution < 1.29 is 19.5 Å². The third kappa shape index (κ3) is 4.03. The maximum absolute atomic E-state index is 12.8. The average Bonchev–Trinajstić information content (AvgIpc) is 2.69. The maximum atomic E-state index is 12.8. The van der Waals surface area contributed by atoms with Gasteiger partial charge in [0.05, 0.1) is 5.56 Å². The SMILES string of the molecule is C=CC(=O)Nc1ccc(O)c(C(=O)N2CCN(c3ccc(C)cc3)C(=O)C2)c1. The molecule has 2 aromatic rings. The Bertz CT molecular complexity index is 937. The fourth-order valence-electron chi connectivity index (χ4n) is 2.99. The zero-order valence-electron chi connectivity index (χ0n) is 15.5. The van der Waals surface area contributed by atoms with Crippen molar-refractivity contribution in [2.75, 3.05) is 29.9 Å². The number of nitrogens with one attached hydrogen (secondary N) is 1. The molecule has 0 radical (unpaired) electrons. The number of carbonyl (C=O) groups is 3. The van der Waals surface area contributed by atoms with Crippen molar-refractivity contribution in [1.82, 2.24) is 4.90 Å². The van der Waals surface area contributed by atoms with Crippen molar-refractivity contribution in [1.29, 1.82) is 0 Å². The number of aryl methyl sites for hydroxylation is 1. The van der Waals surface area contributed by atoms with Gasteiger partial charge in [0.2, 0.25) is 11.8 Å². The van der Waals surface area contributed by atoms with Crippen LogP contribution in [0.3, 0.4) is 0 Å². The number of benzene rings is 2. The van der Waals surface area contributed by atoms with E-state index in [4.69, 9.17) is 0 Å². The smallest absolute Gasteiger partial charge is 0.258 e. The van der Waals surface area contributed by atoms with Crippen LogP contribution in [0.1, 0.15) is 15.9 Å². The third-order valence-corrected chi connectivity index (χ3v) is 4.53. The average molecular weight is 379 g/mol. The molecule has 0 atom stereocenters. The van der Waals surface area contributed by atoms with Crippen LogP contribution in [-0.2, 0) is 9.59 Å². The molecule has 0 aromatic heterocycles. The number of phenolic OH excluding ortho intramolecular Hbond substituents is 1. The molecule has 0 spiro atoms. The zero-order chi connectivity index (χ0) is 20.3. The van der Waals surface area contributed by atoms with Crippen LogP contribution in [0, 0.1) is 6.92 Å². The Morgan fingerprint density at radius 3 is 2.50 bits per heavy atom. The first kappa shape index (κ1) is 19.2. The van der Waals surface area contributed by atoms with E-state index in [2.05, 4.69) is 11.9 Å². The molecule has 2 aromatic carbocycles. The normalized spacial score (nSPS) is 14.0. The molecule has 1 aliphatic heterocycles. The summed E-state index contributed by atoms with van der Waals surface area (Å²) in [6, 6.07) is 11.8. The highest BCUT2D eigenvalue weighted by molar-refractivity contribution is 6.04. The highest BCUT2D eigenvalue weighted by Crippen LogP contribution is 2.25. The first-order valence-corrected chi connectivity index (χ1v) is 8.82. The van der Waals surface area contributed by atoms with Crippen molar-refractivity contribution in [3.05, 3.63) is 66.2 Å². The molecule has 0 bridgehead atoms. The van der Waals surface area contributed by atoms with Gasteiger partial charge in [0.25, 0.3) is 5.91 Å². The number of phenols is 1. The number of rotatable bonds is 4. The lowest BCUT2D eigenvalue weighted by atomic mass is 10.1. The molecule has 7 heteroatoms. The summed E-state index contributed by atoms with van der Waals surface area (Å²) in [5.41, 5.74) is 2.28. The van der Waals surface area contributed by atoms with E-state index >= 15 is 0 Å². The first-order valence-electron chi connectivity index (χ1n) is 8.82. The van der Waals surface area contributed by atoms with E-state index in [1.54, 1.807) is 4.90 Å². The Labute approximate surface area is 162 Å². The van der Waals surface area contributed by atoms with Gasteiger partial charge < -0.3 is 20.2 Å². The molecule has 3 rings (SSSR count). The molecular formula is C21H21N3O4. The predicted octanol–water partition coefficient (Wildman–Crippen LogP) is 2.31. The highest BCUT2D eigenvalue weighted by Gasteiger charge is 2.29. The number of piperazine rings is 1. The van der Waals surface area contributed by atoms with Gasteiger partial charge in [0.15, 0.2) is 0 Å². The number of amides is 3. The van der Waals surface area contributed by atoms with Crippen LogP contribution in [-0.4, -0.2) is 47.4 Å². The number of aromatic hydroxyl groups is 1. The van der Waals surface area contributed by atoms with E-state index in [-0.39, 0.29) is 23.8 Å². The van der Waals surface area contributed by atoms with E-state index in [0.29, 0.717) is 18.8 Å². The second-order valence-corrected chi connectivity index (χ2v) is 6.53. The summed E-state index contributed by atoms with van der Waals surface area (Å²) in [7, 11) is 0. The van der Waals surface area contributed by atoms with Gasteiger partial charge in [-0.25, -0.2) is 0 Å². The topological polar surface area (TPSA) is 89.9 Å². The largest absolute Gasteiger partial charge is 0.507 e. The fraction of sp³-hybridized carbons (Fsp3) is 0.190. The summed E-state index contributed by atoms with van der Waals surface area (Å²) in [6.07, 6.45) is 1.11. The minimum absolute atomic E-state index is 0.0263. The van der Waals surface area contributed by atoms with Gasteiger partial charge in [-0.3, -0.25) is 14.4 Å². The van der Waals surface area contributed by atoms with Crippen LogP contribution in [0.25, 0.3) is 0 Å². The zero-order valence-corrected chi connectivity index (χ0v) is 15.5. The number of hydrogen-bond acceptors (Lipinski definition) is 4. The Morgan fingerprint density at radius 1 is 1.14 bits per heavy atom. The van der Waals surface area contributed by atoms with Crippen LogP contribution >= 0.6 is 0 Å². The van der Waals surface area contributed by atoms with Crippen molar-refractivity contribution in [3.63, 3.8) is 0 Å². The molecule has 7 nitrogen and oxygen atoms in total. The van der Waals surface area contributed by atoms with Gasteiger partial charge in [-0.1, -0.05) is 24.3 Å². The summed E-state index contributed by atoms with van der Waals surface area (Å²) in [5, 5.41) is 12.6. The summed E-state index contributed by atoms with van der Waals surface area (Å²) in [4.78, 5) is 39.9. The number of carbonyl (C=O) groups excluding carboxylic acids is 3. The van der Waals surface area contributed by atoms with Gasteiger partial charge in [0, 0.05) is 24.5 Å². The molecule has 1 aliphatic rings. The van der Waals surface area contributed by atoms with Gasteiger partial charge in [-0.2, -0.15) is 0 Å². The standard InChI is InChI=1S/C21H21N3O4/c1-3-19(26)22-15-6-9-18(25)17(12-15)21(28)23-10-11-24(20(27)13-23)16-7-4-14(2)5-8-16/h3-9,12,25H,1,10-11,13H2,2H3,(H,22,26). The molecule has 1 heterocycles.